The van der Waals surface area contributed by atoms with Crippen LogP contribution in [-0.4, -0.2) is 45.7 Å². The predicted molar refractivity (Wildman–Crippen MR) is 73.9 cm³/mol. The summed E-state index contributed by atoms with van der Waals surface area (Å²) in [6.07, 6.45) is 0. The number of methoxy groups -OCH3 is 2. The maximum absolute atomic E-state index is 8.59. The number of rotatable bonds is 9. The van der Waals surface area contributed by atoms with Crippen molar-refractivity contribution < 1.29 is 19.3 Å². The van der Waals surface area contributed by atoms with Crippen molar-refractivity contribution in [2.24, 2.45) is 0 Å². The Labute approximate surface area is 114 Å². The first-order chi connectivity index (χ1) is 9.22. The Morgan fingerprint density at radius 1 is 1.16 bits per heavy atom. The van der Waals surface area contributed by atoms with Gasteiger partial charge in [-0.2, -0.15) is 0 Å². The number of hydrogen-bond donors (Lipinski definition) is 2. The van der Waals surface area contributed by atoms with E-state index in [2.05, 4.69) is 12.2 Å². The zero-order chi connectivity index (χ0) is 14.1. The first-order valence-corrected chi connectivity index (χ1v) is 6.36. The summed E-state index contributed by atoms with van der Waals surface area (Å²) in [5.41, 5.74) is 1.12. The minimum absolute atomic E-state index is 0.0607. The number of aliphatic hydroxyl groups is 1. The minimum atomic E-state index is 0.0607. The molecular formula is C14H23NO4. The summed E-state index contributed by atoms with van der Waals surface area (Å²) in [4.78, 5) is 0. The molecule has 0 aliphatic heterocycles. The molecule has 5 nitrogen and oxygen atoms in total. The largest absolute Gasteiger partial charge is 0.493 e. The highest BCUT2D eigenvalue weighted by atomic mass is 16.5. The van der Waals surface area contributed by atoms with Crippen LogP contribution in [0.1, 0.15) is 18.5 Å². The van der Waals surface area contributed by atoms with Gasteiger partial charge in [0, 0.05) is 12.6 Å². The summed E-state index contributed by atoms with van der Waals surface area (Å²) in [6.45, 7) is 3.83. The Hall–Kier alpha value is -1.30. The van der Waals surface area contributed by atoms with Crippen LogP contribution in [0, 0.1) is 0 Å². The fourth-order valence-corrected chi connectivity index (χ4v) is 1.75. The molecule has 0 saturated carbocycles. The second kappa shape index (κ2) is 8.74. The molecule has 1 atom stereocenters. The molecule has 5 heteroatoms. The third-order valence-corrected chi connectivity index (χ3v) is 2.84. The lowest BCUT2D eigenvalue weighted by molar-refractivity contribution is 0.0928. The fourth-order valence-electron chi connectivity index (χ4n) is 1.75. The molecule has 0 aromatic heterocycles. The minimum Gasteiger partial charge on any atom is -0.493 e. The van der Waals surface area contributed by atoms with Crippen LogP contribution < -0.4 is 14.8 Å². The highest BCUT2D eigenvalue weighted by Gasteiger charge is 2.09. The lowest BCUT2D eigenvalue weighted by atomic mass is 10.1. The summed E-state index contributed by atoms with van der Waals surface area (Å²) in [5.74, 6) is 1.45. The van der Waals surface area contributed by atoms with Crippen LogP contribution in [0.15, 0.2) is 18.2 Å². The maximum atomic E-state index is 8.59. The van der Waals surface area contributed by atoms with Gasteiger partial charge in [0.2, 0.25) is 0 Å². The summed E-state index contributed by atoms with van der Waals surface area (Å²) < 4.78 is 15.7. The summed E-state index contributed by atoms with van der Waals surface area (Å²) in [6, 6.07) is 6.06. The third kappa shape index (κ3) is 5.06. The van der Waals surface area contributed by atoms with Crippen molar-refractivity contribution in [3.05, 3.63) is 23.8 Å². The molecular weight excluding hydrogens is 246 g/mol. The van der Waals surface area contributed by atoms with Gasteiger partial charge in [0.05, 0.1) is 34.0 Å². The number of nitrogens with one attached hydrogen (secondary N) is 1. The molecule has 1 rings (SSSR count). The van der Waals surface area contributed by atoms with E-state index in [1.165, 1.54) is 0 Å². The molecule has 0 amide bonds. The Kier molecular flexibility index (Phi) is 7.25. The van der Waals surface area contributed by atoms with Crippen molar-refractivity contribution in [1.29, 1.82) is 0 Å². The van der Waals surface area contributed by atoms with Crippen LogP contribution >= 0.6 is 0 Å². The van der Waals surface area contributed by atoms with Crippen molar-refractivity contribution in [2.45, 2.75) is 13.0 Å². The van der Waals surface area contributed by atoms with Gasteiger partial charge in [0.1, 0.15) is 0 Å². The monoisotopic (exact) mass is 269 g/mol. The van der Waals surface area contributed by atoms with E-state index < -0.39 is 0 Å². The number of hydrogen-bond acceptors (Lipinski definition) is 5. The van der Waals surface area contributed by atoms with Crippen LogP contribution in [0.5, 0.6) is 11.5 Å². The van der Waals surface area contributed by atoms with Crippen molar-refractivity contribution in [1.82, 2.24) is 5.32 Å². The standard InChI is InChI=1S/C14H23NO4/c1-11(15-6-8-19-9-7-16)12-4-5-13(17-2)14(10-12)18-3/h4-5,10-11,15-16H,6-9H2,1-3H3. The molecule has 0 aliphatic carbocycles. The number of aliphatic hydroxyl groups excluding tert-OH is 1. The van der Waals surface area contributed by atoms with E-state index in [1.807, 2.05) is 18.2 Å². The average Bonchev–Trinajstić information content (AvgIpc) is 2.46. The van der Waals surface area contributed by atoms with Gasteiger partial charge in [-0.1, -0.05) is 6.07 Å². The SMILES string of the molecule is COc1ccc(C(C)NCCOCCO)cc1OC. The van der Waals surface area contributed by atoms with E-state index in [0.717, 1.165) is 23.6 Å². The molecule has 1 aromatic rings. The average molecular weight is 269 g/mol. The van der Waals surface area contributed by atoms with E-state index >= 15 is 0 Å². The normalized spacial score (nSPS) is 12.2. The zero-order valence-electron chi connectivity index (χ0n) is 11.8. The third-order valence-electron chi connectivity index (χ3n) is 2.84. The lowest BCUT2D eigenvalue weighted by Gasteiger charge is -2.16. The molecule has 0 aliphatic rings. The first kappa shape index (κ1) is 15.8. The Balaban J connectivity index is 2.49. The summed E-state index contributed by atoms with van der Waals surface area (Å²) in [5, 5.41) is 11.9. The van der Waals surface area contributed by atoms with Gasteiger partial charge in [0.25, 0.3) is 0 Å². The van der Waals surface area contributed by atoms with E-state index in [1.54, 1.807) is 14.2 Å². The van der Waals surface area contributed by atoms with Gasteiger partial charge in [-0.25, -0.2) is 0 Å². The number of ether oxygens (including phenoxy) is 3. The number of benzene rings is 1. The van der Waals surface area contributed by atoms with Crippen molar-refractivity contribution in [2.75, 3.05) is 40.6 Å². The topological polar surface area (TPSA) is 60.0 Å². The van der Waals surface area contributed by atoms with Crippen molar-refractivity contribution >= 4 is 0 Å². The Morgan fingerprint density at radius 2 is 1.89 bits per heavy atom. The summed E-state index contributed by atoms with van der Waals surface area (Å²) in [7, 11) is 3.25. The van der Waals surface area contributed by atoms with Gasteiger partial charge in [0.15, 0.2) is 11.5 Å². The molecule has 108 valence electrons. The lowest BCUT2D eigenvalue weighted by Crippen LogP contribution is -2.23. The predicted octanol–water partition coefficient (Wildman–Crippen LogP) is 1.36. The second-order valence-electron chi connectivity index (χ2n) is 4.13. The van der Waals surface area contributed by atoms with Gasteiger partial charge < -0.3 is 24.6 Å². The molecule has 1 aromatic carbocycles. The van der Waals surface area contributed by atoms with Crippen LogP contribution in [0.3, 0.4) is 0 Å². The molecule has 2 N–H and O–H groups in total. The van der Waals surface area contributed by atoms with Crippen molar-refractivity contribution in [3.63, 3.8) is 0 Å². The molecule has 1 unspecified atom stereocenters. The van der Waals surface area contributed by atoms with Crippen molar-refractivity contribution in [3.8, 4) is 11.5 Å². The smallest absolute Gasteiger partial charge is 0.161 e. The molecule has 0 spiro atoms. The second-order valence-corrected chi connectivity index (χ2v) is 4.13. The maximum Gasteiger partial charge on any atom is 0.161 e. The highest BCUT2D eigenvalue weighted by Crippen LogP contribution is 2.29. The Bertz CT molecular complexity index is 370. The molecule has 0 fully saturated rings. The van der Waals surface area contributed by atoms with Gasteiger partial charge in [-0.15, -0.1) is 0 Å². The molecule has 0 saturated heterocycles. The molecule has 0 radical (unpaired) electrons. The Morgan fingerprint density at radius 3 is 2.53 bits per heavy atom. The highest BCUT2D eigenvalue weighted by molar-refractivity contribution is 5.43. The van der Waals surface area contributed by atoms with Crippen LogP contribution in [-0.2, 0) is 4.74 Å². The van der Waals surface area contributed by atoms with Crippen LogP contribution in [0.2, 0.25) is 0 Å². The van der Waals surface area contributed by atoms with Gasteiger partial charge >= 0.3 is 0 Å². The van der Waals surface area contributed by atoms with E-state index in [0.29, 0.717) is 13.2 Å². The van der Waals surface area contributed by atoms with E-state index in [4.69, 9.17) is 19.3 Å². The van der Waals surface area contributed by atoms with E-state index in [9.17, 15) is 0 Å². The quantitative estimate of drug-likeness (QED) is 0.663. The van der Waals surface area contributed by atoms with Gasteiger partial charge in [-0.05, 0) is 24.6 Å². The van der Waals surface area contributed by atoms with E-state index in [-0.39, 0.29) is 12.6 Å². The summed E-state index contributed by atoms with van der Waals surface area (Å²) >= 11 is 0. The first-order valence-electron chi connectivity index (χ1n) is 6.36. The molecule has 0 heterocycles. The van der Waals surface area contributed by atoms with Gasteiger partial charge in [-0.3, -0.25) is 0 Å². The molecule has 19 heavy (non-hydrogen) atoms. The molecule has 0 bridgehead atoms. The zero-order valence-corrected chi connectivity index (χ0v) is 11.8. The fraction of sp³-hybridized carbons (Fsp3) is 0.571. The van der Waals surface area contributed by atoms with Crippen LogP contribution in [0.25, 0.3) is 0 Å². The van der Waals surface area contributed by atoms with Crippen LogP contribution in [0.4, 0.5) is 0 Å².